The summed E-state index contributed by atoms with van der Waals surface area (Å²) in [6.07, 6.45) is 0. The Bertz CT molecular complexity index is 836. The standard InChI is InChI=1S/C17H13ClN2OS2/c1-19-17-15(16(18)20-9-13-3-2-8-22-13)14(10-23-17)11-4-6-12(21)7-5-11/h2-8,10,21H,1,9H2/b20-16+. The van der Waals surface area contributed by atoms with Crippen LogP contribution in [0.2, 0.25) is 0 Å². The molecule has 1 aromatic carbocycles. The first-order chi connectivity index (χ1) is 11.2. The highest BCUT2D eigenvalue weighted by Crippen LogP contribution is 2.39. The third-order valence-corrected chi connectivity index (χ3v) is 5.33. The van der Waals surface area contributed by atoms with E-state index < -0.39 is 0 Å². The molecule has 116 valence electrons. The van der Waals surface area contributed by atoms with Crippen molar-refractivity contribution in [2.45, 2.75) is 6.54 Å². The van der Waals surface area contributed by atoms with Crippen LogP contribution in [0.1, 0.15) is 10.4 Å². The first kappa shape index (κ1) is 15.9. The van der Waals surface area contributed by atoms with Crippen molar-refractivity contribution >= 4 is 51.2 Å². The quantitative estimate of drug-likeness (QED) is 0.583. The molecule has 0 aliphatic heterocycles. The molecule has 0 unspecified atom stereocenters. The molecule has 0 atom stereocenters. The van der Waals surface area contributed by atoms with E-state index in [2.05, 4.69) is 16.7 Å². The first-order valence-corrected chi connectivity index (χ1v) is 8.93. The summed E-state index contributed by atoms with van der Waals surface area (Å²) < 4.78 is 0. The van der Waals surface area contributed by atoms with Crippen LogP contribution in [0, 0.1) is 0 Å². The highest BCUT2D eigenvalue weighted by atomic mass is 35.5. The third-order valence-electron chi connectivity index (χ3n) is 3.25. The summed E-state index contributed by atoms with van der Waals surface area (Å²) in [5.74, 6) is 0.227. The molecule has 0 bridgehead atoms. The summed E-state index contributed by atoms with van der Waals surface area (Å²) in [7, 11) is 0. The van der Waals surface area contributed by atoms with Crippen LogP contribution in [0.15, 0.2) is 57.1 Å². The van der Waals surface area contributed by atoms with E-state index >= 15 is 0 Å². The predicted molar refractivity (Wildman–Crippen MR) is 101 cm³/mol. The minimum Gasteiger partial charge on any atom is -0.508 e. The number of benzene rings is 1. The molecular weight excluding hydrogens is 348 g/mol. The van der Waals surface area contributed by atoms with Crippen molar-refractivity contribution < 1.29 is 5.11 Å². The summed E-state index contributed by atoms with van der Waals surface area (Å²) in [6, 6.07) is 11.0. The SMILES string of the molecule is C=Nc1scc(-c2ccc(O)cc2)c1/C(Cl)=N\Cc1cccs1. The largest absolute Gasteiger partial charge is 0.508 e. The number of halogens is 1. The molecule has 0 fully saturated rings. The van der Waals surface area contributed by atoms with Gasteiger partial charge in [0.25, 0.3) is 0 Å². The fourth-order valence-electron chi connectivity index (χ4n) is 2.15. The van der Waals surface area contributed by atoms with Crippen LogP contribution in [0.5, 0.6) is 5.75 Å². The topological polar surface area (TPSA) is 45.0 Å². The minimum atomic E-state index is 0.227. The lowest BCUT2D eigenvalue weighted by atomic mass is 10.0. The molecule has 2 aromatic heterocycles. The van der Waals surface area contributed by atoms with Gasteiger partial charge < -0.3 is 5.11 Å². The zero-order chi connectivity index (χ0) is 16.2. The number of phenolic OH excluding ortho intramolecular Hbond substituents is 1. The minimum absolute atomic E-state index is 0.227. The van der Waals surface area contributed by atoms with Gasteiger partial charge in [-0.2, -0.15) is 0 Å². The number of nitrogens with zero attached hydrogens (tertiary/aromatic N) is 2. The van der Waals surface area contributed by atoms with Crippen molar-refractivity contribution in [1.82, 2.24) is 0 Å². The number of hydrogen-bond acceptors (Lipinski definition) is 5. The van der Waals surface area contributed by atoms with Crippen LogP contribution < -0.4 is 0 Å². The number of thiophene rings is 2. The molecule has 0 amide bonds. The van der Waals surface area contributed by atoms with E-state index in [1.807, 2.05) is 35.0 Å². The molecule has 0 saturated carbocycles. The smallest absolute Gasteiger partial charge is 0.134 e. The first-order valence-electron chi connectivity index (χ1n) is 6.79. The van der Waals surface area contributed by atoms with E-state index in [1.165, 1.54) is 11.3 Å². The van der Waals surface area contributed by atoms with Crippen molar-refractivity contribution in [3.05, 3.63) is 57.6 Å². The molecule has 3 rings (SSSR count). The fraction of sp³-hybridized carbons (Fsp3) is 0.0588. The van der Waals surface area contributed by atoms with Gasteiger partial charge in [-0.3, -0.25) is 9.98 Å². The maximum absolute atomic E-state index is 9.45. The Kier molecular flexibility index (Phi) is 4.91. The van der Waals surface area contributed by atoms with E-state index in [-0.39, 0.29) is 5.75 Å². The van der Waals surface area contributed by atoms with Gasteiger partial charge in [0.15, 0.2) is 0 Å². The molecule has 6 heteroatoms. The second-order valence-corrected chi connectivity index (χ2v) is 6.97. The van der Waals surface area contributed by atoms with Crippen LogP contribution in [0.3, 0.4) is 0 Å². The van der Waals surface area contributed by atoms with Gasteiger partial charge in [0.2, 0.25) is 0 Å². The van der Waals surface area contributed by atoms with Gasteiger partial charge in [0.1, 0.15) is 15.9 Å². The molecule has 0 saturated heterocycles. The van der Waals surface area contributed by atoms with E-state index in [4.69, 9.17) is 11.6 Å². The molecule has 23 heavy (non-hydrogen) atoms. The Hall–Kier alpha value is -1.95. The van der Waals surface area contributed by atoms with E-state index in [1.54, 1.807) is 23.5 Å². The van der Waals surface area contributed by atoms with Gasteiger partial charge in [-0.1, -0.05) is 29.8 Å². The van der Waals surface area contributed by atoms with Crippen molar-refractivity contribution in [2.75, 3.05) is 0 Å². The molecular formula is C17H13ClN2OS2. The summed E-state index contributed by atoms with van der Waals surface area (Å²) >= 11 is 9.58. The zero-order valence-corrected chi connectivity index (χ0v) is 14.5. The monoisotopic (exact) mass is 360 g/mol. The Morgan fingerprint density at radius 1 is 1.17 bits per heavy atom. The Labute approximate surface area is 147 Å². The van der Waals surface area contributed by atoms with Gasteiger partial charge in [0, 0.05) is 15.8 Å². The highest BCUT2D eigenvalue weighted by Gasteiger charge is 2.16. The number of hydrogen-bond donors (Lipinski definition) is 1. The van der Waals surface area contributed by atoms with E-state index in [0.29, 0.717) is 11.7 Å². The Balaban J connectivity index is 1.99. The van der Waals surface area contributed by atoms with Gasteiger partial charge >= 0.3 is 0 Å². The Morgan fingerprint density at radius 3 is 2.61 bits per heavy atom. The molecule has 0 radical (unpaired) electrons. The molecule has 0 aliphatic rings. The van der Waals surface area contributed by atoms with Crippen LogP contribution in [-0.4, -0.2) is 17.0 Å². The van der Waals surface area contributed by atoms with E-state index in [9.17, 15) is 5.11 Å². The number of aliphatic imine (C=N–C) groups is 2. The summed E-state index contributed by atoms with van der Waals surface area (Å²) in [5, 5.41) is 14.6. The Morgan fingerprint density at radius 2 is 1.96 bits per heavy atom. The number of phenols is 1. The van der Waals surface area contributed by atoms with Crippen LogP contribution in [0.4, 0.5) is 5.00 Å². The zero-order valence-electron chi connectivity index (χ0n) is 12.1. The van der Waals surface area contributed by atoms with Crippen molar-refractivity contribution in [3.63, 3.8) is 0 Å². The lowest BCUT2D eigenvalue weighted by Crippen LogP contribution is -1.94. The lowest BCUT2D eigenvalue weighted by molar-refractivity contribution is 0.475. The highest BCUT2D eigenvalue weighted by molar-refractivity contribution is 7.15. The third kappa shape index (κ3) is 3.52. The number of aromatic hydroxyl groups is 1. The molecule has 0 aliphatic carbocycles. The summed E-state index contributed by atoms with van der Waals surface area (Å²) in [5.41, 5.74) is 2.68. The second-order valence-electron chi connectivity index (χ2n) is 4.72. The van der Waals surface area contributed by atoms with Crippen molar-refractivity contribution in [1.29, 1.82) is 0 Å². The molecule has 1 N–H and O–H groups in total. The van der Waals surface area contributed by atoms with E-state index in [0.717, 1.165) is 26.6 Å². The van der Waals surface area contributed by atoms with Crippen molar-refractivity contribution in [3.8, 4) is 16.9 Å². The van der Waals surface area contributed by atoms with Gasteiger partial charge in [-0.15, -0.1) is 22.7 Å². The average molecular weight is 361 g/mol. The van der Waals surface area contributed by atoms with Gasteiger partial charge in [0.05, 0.1) is 12.1 Å². The molecule has 2 heterocycles. The van der Waals surface area contributed by atoms with Gasteiger partial charge in [-0.25, -0.2) is 0 Å². The van der Waals surface area contributed by atoms with Crippen molar-refractivity contribution in [2.24, 2.45) is 9.98 Å². The van der Waals surface area contributed by atoms with Crippen LogP contribution in [-0.2, 0) is 6.54 Å². The van der Waals surface area contributed by atoms with Crippen LogP contribution >= 0.6 is 34.3 Å². The normalized spacial score (nSPS) is 11.6. The second kappa shape index (κ2) is 7.08. The maximum atomic E-state index is 9.45. The number of rotatable bonds is 5. The lowest BCUT2D eigenvalue weighted by Gasteiger charge is -2.05. The average Bonchev–Trinajstić information content (AvgIpc) is 3.22. The predicted octanol–water partition coefficient (Wildman–Crippen LogP) is 5.70. The molecule has 3 nitrogen and oxygen atoms in total. The fourth-order valence-corrected chi connectivity index (χ4v) is 3.96. The van der Waals surface area contributed by atoms with Crippen LogP contribution in [0.25, 0.3) is 11.1 Å². The summed E-state index contributed by atoms with van der Waals surface area (Å²) in [4.78, 5) is 9.69. The molecule has 0 spiro atoms. The summed E-state index contributed by atoms with van der Waals surface area (Å²) in [6.45, 7) is 4.15. The molecule has 3 aromatic rings. The maximum Gasteiger partial charge on any atom is 0.134 e. The van der Waals surface area contributed by atoms with Gasteiger partial charge in [-0.05, 0) is 35.9 Å².